The van der Waals surface area contributed by atoms with Crippen molar-refractivity contribution in [3.05, 3.63) is 42.0 Å². The highest BCUT2D eigenvalue weighted by Crippen LogP contribution is 2.25. The first kappa shape index (κ1) is 15.7. The number of fused-ring (bicyclic) bond motifs is 1. The van der Waals surface area contributed by atoms with Crippen molar-refractivity contribution in [3.63, 3.8) is 0 Å². The quantitative estimate of drug-likeness (QED) is 0.591. The number of benzene rings is 2. The SMILES string of the molecule is CC(=O)Nc1ccc2nn(-c3cc(C)ccc3OC(C)=O)nc2c1. The highest BCUT2D eigenvalue weighted by molar-refractivity contribution is 5.91. The number of anilines is 1. The van der Waals surface area contributed by atoms with Gasteiger partial charge < -0.3 is 10.1 Å². The summed E-state index contributed by atoms with van der Waals surface area (Å²) in [4.78, 5) is 23.9. The molecule has 1 aromatic heterocycles. The molecule has 0 atom stereocenters. The van der Waals surface area contributed by atoms with Gasteiger partial charge >= 0.3 is 5.97 Å². The zero-order chi connectivity index (χ0) is 17.3. The normalized spacial score (nSPS) is 10.6. The molecule has 0 unspecified atom stereocenters. The lowest BCUT2D eigenvalue weighted by molar-refractivity contribution is -0.131. The van der Waals surface area contributed by atoms with Crippen LogP contribution in [0, 0.1) is 6.92 Å². The Labute approximate surface area is 138 Å². The smallest absolute Gasteiger partial charge is 0.308 e. The summed E-state index contributed by atoms with van der Waals surface area (Å²) in [6.07, 6.45) is 0. The highest BCUT2D eigenvalue weighted by atomic mass is 16.5. The van der Waals surface area contributed by atoms with Crippen molar-refractivity contribution in [2.75, 3.05) is 5.32 Å². The molecule has 7 heteroatoms. The van der Waals surface area contributed by atoms with Gasteiger partial charge in [0.05, 0.1) is 0 Å². The molecule has 122 valence electrons. The number of nitrogens with one attached hydrogen (secondary N) is 1. The first-order valence-corrected chi connectivity index (χ1v) is 7.36. The van der Waals surface area contributed by atoms with Gasteiger partial charge in [-0.3, -0.25) is 9.59 Å². The van der Waals surface area contributed by atoms with E-state index in [9.17, 15) is 9.59 Å². The molecule has 0 aliphatic rings. The number of hydrogen-bond donors (Lipinski definition) is 1. The van der Waals surface area contributed by atoms with Crippen LogP contribution in [0.4, 0.5) is 5.69 Å². The maximum atomic E-state index is 11.3. The summed E-state index contributed by atoms with van der Waals surface area (Å²) < 4.78 is 5.23. The van der Waals surface area contributed by atoms with Gasteiger partial charge in [0.1, 0.15) is 16.7 Å². The van der Waals surface area contributed by atoms with E-state index in [4.69, 9.17) is 4.74 Å². The number of ether oxygens (including phenoxy) is 1. The van der Waals surface area contributed by atoms with Gasteiger partial charge in [-0.05, 0) is 42.8 Å². The van der Waals surface area contributed by atoms with Crippen molar-refractivity contribution in [3.8, 4) is 11.4 Å². The van der Waals surface area contributed by atoms with Gasteiger partial charge in [0.2, 0.25) is 5.91 Å². The van der Waals surface area contributed by atoms with Crippen molar-refractivity contribution >= 4 is 28.6 Å². The Morgan fingerprint density at radius 2 is 1.79 bits per heavy atom. The van der Waals surface area contributed by atoms with Crippen LogP contribution in [-0.4, -0.2) is 26.9 Å². The van der Waals surface area contributed by atoms with E-state index in [-0.39, 0.29) is 5.91 Å². The van der Waals surface area contributed by atoms with E-state index in [1.54, 1.807) is 24.3 Å². The van der Waals surface area contributed by atoms with Crippen LogP contribution in [0.15, 0.2) is 36.4 Å². The number of amides is 1. The minimum atomic E-state index is -0.412. The Kier molecular flexibility index (Phi) is 3.99. The second-order valence-electron chi connectivity index (χ2n) is 5.44. The molecule has 1 N–H and O–H groups in total. The predicted octanol–water partition coefficient (Wildman–Crippen LogP) is 2.61. The van der Waals surface area contributed by atoms with Gasteiger partial charge in [0, 0.05) is 19.5 Å². The van der Waals surface area contributed by atoms with E-state index < -0.39 is 5.97 Å². The van der Waals surface area contributed by atoms with E-state index in [0.29, 0.717) is 28.2 Å². The first-order chi connectivity index (χ1) is 11.4. The lowest BCUT2D eigenvalue weighted by Crippen LogP contribution is -2.07. The summed E-state index contributed by atoms with van der Waals surface area (Å²) in [6.45, 7) is 4.72. The van der Waals surface area contributed by atoms with Crippen molar-refractivity contribution in [2.45, 2.75) is 20.8 Å². The largest absolute Gasteiger partial charge is 0.424 e. The van der Waals surface area contributed by atoms with Crippen molar-refractivity contribution in [2.24, 2.45) is 0 Å². The molecule has 0 bridgehead atoms. The fourth-order valence-electron chi connectivity index (χ4n) is 2.33. The Morgan fingerprint density at radius 1 is 1.04 bits per heavy atom. The van der Waals surface area contributed by atoms with Crippen LogP contribution in [0.2, 0.25) is 0 Å². The molecule has 1 heterocycles. The molecule has 0 aliphatic carbocycles. The monoisotopic (exact) mass is 324 g/mol. The molecule has 24 heavy (non-hydrogen) atoms. The van der Waals surface area contributed by atoms with E-state index >= 15 is 0 Å². The fraction of sp³-hybridized carbons (Fsp3) is 0.176. The number of carbonyl (C=O) groups excluding carboxylic acids is 2. The summed E-state index contributed by atoms with van der Waals surface area (Å²) in [5, 5.41) is 11.5. The van der Waals surface area contributed by atoms with Gasteiger partial charge in [0.15, 0.2) is 5.75 Å². The topological polar surface area (TPSA) is 86.1 Å². The van der Waals surface area contributed by atoms with Crippen LogP contribution in [0.5, 0.6) is 5.75 Å². The van der Waals surface area contributed by atoms with Gasteiger partial charge in [-0.1, -0.05) is 6.07 Å². The molecule has 3 aromatic rings. The maximum Gasteiger partial charge on any atom is 0.308 e. The van der Waals surface area contributed by atoms with E-state index in [1.807, 2.05) is 19.1 Å². The minimum absolute atomic E-state index is 0.155. The van der Waals surface area contributed by atoms with Crippen molar-refractivity contribution in [1.82, 2.24) is 15.0 Å². The van der Waals surface area contributed by atoms with E-state index in [1.165, 1.54) is 18.6 Å². The first-order valence-electron chi connectivity index (χ1n) is 7.36. The predicted molar refractivity (Wildman–Crippen MR) is 89.2 cm³/mol. The number of hydrogen-bond acceptors (Lipinski definition) is 5. The molecule has 0 saturated carbocycles. The summed E-state index contributed by atoms with van der Waals surface area (Å²) >= 11 is 0. The Morgan fingerprint density at radius 3 is 2.50 bits per heavy atom. The molecular formula is C17H16N4O3. The lowest BCUT2D eigenvalue weighted by Gasteiger charge is -2.08. The van der Waals surface area contributed by atoms with Crippen molar-refractivity contribution < 1.29 is 14.3 Å². The molecular weight excluding hydrogens is 308 g/mol. The van der Waals surface area contributed by atoms with E-state index in [0.717, 1.165) is 5.56 Å². The number of rotatable bonds is 3. The lowest BCUT2D eigenvalue weighted by atomic mass is 10.2. The van der Waals surface area contributed by atoms with Crippen molar-refractivity contribution in [1.29, 1.82) is 0 Å². The number of aryl methyl sites for hydroxylation is 1. The van der Waals surface area contributed by atoms with Gasteiger partial charge in [0.25, 0.3) is 0 Å². The molecule has 0 radical (unpaired) electrons. The summed E-state index contributed by atoms with van der Waals surface area (Å²) in [5.41, 5.74) is 3.49. The molecule has 1 amide bonds. The number of aromatic nitrogens is 3. The molecule has 7 nitrogen and oxygen atoms in total. The van der Waals surface area contributed by atoms with E-state index in [2.05, 4.69) is 15.5 Å². The molecule has 0 saturated heterocycles. The zero-order valence-corrected chi connectivity index (χ0v) is 13.5. The molecule has 2 aromatic carbocycles. The molecule has 0 fully saturated rings. The Balaban J connectivity index is 2.07. The summed E-state index contributed by atoms with van der Waals surface area (Å²) in [6, 6.07) is 10.7. The number of esters is 1. The third-order valence-corrected chi connectivity index (χ3v) is 3.28. The third kappa shape index (κ3) is 3.24. The number of nitrogens with zero attached hydrogens (tertiary/aromatic N) is 3. The standard InChI is InChI=1S/C17H16N4O3/c1-10-4-7-17(24-12(3)23)16(8-10)21-19-14-6-5-13(18-11(2)22)9-15(14)20-21/h4-9H,1-3H3,(H,18,22). The summed E-state index contributed by atoms with van der Waals surface area (Å²) in [5.74, 6) is -0.183. The fourth-order valence-corrected chi connectivity index (χ4v) is 2.33. The zero-order valence-electron chi connectivity index (χ0n) is 13.5. The van der Waals surface area contributed by atoms with Crippen LogP contribution < -0.4 is 10.1 Å². The average molecular weight is 324 g/mol. The molecule has 3 rings (SSSR count). The molecule has 0 aliphatic heterocycles. The second kappa shape index (κ2) is 6.11. The van der Waals surface area contributed by atoms with Gasteiger partial charge in [-0.25, -0.2) is 0 Å². The minimum Gasteiger partial charge on any atom is -0.424 e. The van der Waals surface area contributed by atoms with Crippen LogP contribution >= 0.6 is 0 Å². The maximum absolute atomic E-state index is 11.3. The second-order valence-corrected chi connectivity index (χ2v) is 5.44. The third-order valence-electron chi connectivity index (χ3n) is 3.28. The average Bonchev–Trinajstić information content (AvgIpc) is 2.91. The van der Waals surface area contributed by atoms with Gasteiger partial charge in [-0.15, -0.1) is 15.0 Å². The van der Waals surface area contributed by atoms with Crippen LogP contribution in [0.25, 0.3) is 16.7 Å². The number of carbonyl (C=O) groups is 2. The Bertz CT molecular complexity index is 946. The van der Waals surface area contributed by atoms with Crippen LogP contribution in [0.1, 0.15) is 19.4 Å². The Hall–Kier alpha value is -3.22. The summed E-state index contributed by atoms with van der Waals surface area (Å²) in [7, 11) is 0. The van der Waals surface area contributed by atoms with Gasteiger partial charge in [-0.2, -0.15) is 0 Å². The molecule has 0 spiro atoms. The van der Waals surface area contributed by atoms with Crippen LogP contribution in [-0.2, 0) is 9.59 Å². The van der Waals surface area contributed by atoms with Crippen LogP contribution in [0.3, 0.4) is 0 Å². The highest BCUT2D eigenvalue weighted by Gasteiger charge is 2.13.